The second-order valence-electron chi connectivity index (χ2n) is 9.45. The third-order valence-electron chi connectivity index (χ3n) is 5.95. The third kappa shape index (κ3) is 4.88. The molecule has 0 heterocycles. The lowest BCUT2D eigenvalue weighted by molar-refractivity contribution is -0.114. The molecule has 0 rings (SSSR count). The van der Waals surface area contributed by atoms with Crippen molar-refractivity contribution in [3.8, 4) is 0 Å². The maximum absolute atomic E-state index is 12.5. The van der Waals surface area contributed by atoms with Gasteiger partial charge in [0.15, 0.2) is 0 Å². The lowest BCUT2D eigenvalue weighted by Crippen LogP contribution is -2.47. The van der Waals surface area contributed by atoms with E-state index in [0.717, 1.165) is 6.42 Å². The van der Waals surface area contributed by atoms with E-state index in [4.69, 9.17) is 0 Å². The topological polar surface area (TPSA) is 34.1 Å². The second-order valence-corrected chi connectivity index (χ2v) is 20.1. The van der Waals surface area contributed by atoms with Gasteiger partial charge in [-0.3, -0.25) is 0 Å². The maximum atomic E-state index is 12.5. The van der Waals surface area contributed by atoms with Gasteiger partial charge in [0.1, 0.15) is 27.0 Å². The Morgan fingerprint density at radius 1 is 0.667 bits per heavy atom. The van der Waals surface area contributed by atoms with Crippen molar-refractivity contribution < 1.29 is 9.59 Å². The van der Waals surface area contributed by atoms with E-state index in [9.17, 15) is 9.59 Å². The smallest absolute Gasteiger partial charge is 0.132 e. The molecule has 4 heteroatoms. The van der Waals surface area contributed by atoms with Crippen molar-refractivity contribution >= 4 is 27.0 Å². The summed E-state index contributed by atoms with van der Waals surface area (Å²) in [4.78, 5) is 25.0. The fourth-order valence-corrected chi connectivity index (χ4v) is 5.15. The highest BCUT2D eigenvalue weighted by atomic mass is 28.3. The molecule has 0 aliphatic carbocycles. The predicted molar refractivity (Wildman–Crippen MR) is 98.3 cm³/mol. The Kier molecular flexibility index (Phi) is 6.42. The Hall–Kier alpha value is -0.226. The van der Waals surface area contributed by atoms with Gasteiger partial charge < -0.3 is 9.59 Å². The van der Waals surface area contributed by atoms with E-state index < -0.39 is 16.1 Å². The van der Waals surface area contributed by atoms with Crippen LogP contribution in [0.4, 0.5) is 0 Å². The van der Waals surface area contributed by atoms with Gasteiger partial charge in [-0.2, -0.15) is 0 Å². The van der Waals surface area contributed by atoms with Crippen LogP contribution in [-0.2, 0) is 9.59 Å². The first-order chi connectivity index (χ1) is 9.05. The van der Waals surface area contributed by atoms with E-state index in [1.807, 2.05) is 0 Å². The Bertz CT molecular complexity index is 358. The van der Waals surface area contributed by atoms with E-state index in [1.165, 1.54) is 0 Å². The minimum atomic E-state index is -1.90. The molecule has 0 unspecified atom stereocenters. The van der Waals surface area contributed by atoms with Crippen LogP contribution in [0, 0.1) is 0 Å². The molecule has 0 saturated carbocycles. The first-order valence-electron chi connectivity index (χ1n) is 8.12. The number of rotatable bonds is 6. The number of carbonyl (C=O) groups excluding carboxylic acids is 2. The van der Waals surface area contributed by atoms with E-state index in [0.29, 0.717) is 23.7 Å². The highest BCUT2D eigenvalue weighted by molar-refractivity contribution is 7.06. The van der Waals surface area contributed by atoms with Crippen molar-refractivity contribution in [1.29, 1.82) is 0 Å². The molecule has 0 saturated heterocycles. The third-order valence-corrected chi connectivity index (χ3v) is 16.7. The van der Waals surface area contributed by atoms with Crippen LogP contribution in [0.2, 0.25) is 36.3 Å². The van der Waals surface area contributed by atoms with E-state index in [-0.39, 0.29) is 10.1 Å². The Labute approximate surface area is 134 Å². The van der Waals surface area contributed by atoms with Crippen LogP contribution in [0.5, 0.6) is 0 Å². The first-order valence-corrected chi connectivity index (χ1v) is 14.1. The van der Waals surface area contributed by atoms with Crippen molar-refractivity contribution in [2.24, 2.45) is 0 Å². The molecular weight excluding hydrogens is 292 g/mol. The summed E-state index contributed by atoms with van der Waals surface area (Å²) in [6.45, 7) is 21.6. The van der Waals surface area contributed by atoms with Gasteiger partial charge in [0.25, 0.3) is 0 Å². The molecule has 0 aromatic carbocycles. The van der Waals surface area contributed by atoms with Gasteiger partial charge >= 0.3 is 0 Å². The van der Waals surface area contributed by atoms with Crippen molar-refractivity contribution in [3.63, 3.8) is 0 Å². The molecule has 0 N–H and O–H groups in total. The normalized spacial score (nSPS) is 14.2. The second kappa shape index (κ2) is 6.49. The SMILES string of the molecule is CC(C)(C)[Si](C)(C)C(=O)CCCC(=O)[Si](C)(C)C(C)(C)C. The minimum absolute atomic E-state index is 0.0908. The quantitative estimate of drug-likeness (QED) is 0.612. The van der Waals surface area contributed by atoms with E-state index in [1.54, 1.807) is 0 Å². The largest absolute Gasteiger partial charge is 0.305 e. The highest BCUT2D eigenvalue weighted by Gasteiger charge is 2.43. The van der Waals surface area contributed by atoms with Crippen molar-refractivity contribution in [3.05, 3.63) is 0 Å². The minimum Gasteiger partial charge on any atom is -0.305 e. The van der Waals surface area contributed by atoms with Gasteiger partial charge in [-0.15, -0.1) is 0 Å². The zero-order chi connectivity index (χ0) is 17.3. The Morgan fingerprint density at radius 2 is 0.905 bits per heavy atom. The van der Waals surface area contributed by atoms with Crippen LogP contribution in [-0.4, -0.2) is 27.0 Å². The fourth-order valence-electron chi connectivity index (χ4n) is 1.87. The monoisotopic (exact) mass is 328 g/mol. The summed E-state index contributed by atoms with van der Waals surface area (Å²) in [5.74, 6) is 0. The summed E-state index contributed by atoms with van der Waals surface area (Å²) in [5.41, 5.74) is 0. The zero-order valence-corrected chi connectivity index (χ0v) is 17.9. The van der Waals surface area contributed by atoms with Crippen molar-refractivity contribution in [1.82, 2.24) is 0 Å². The maximum Gasteiger partial charge on any atom is 0.132 e. The zero-order valence-electron chi connectivity index (χ0n) is 15.9. The average molecular weight is 329 g/mol. The summed E-state index contributed by atoms with van der Waals surface area (Å²) in [7, 11) is -3.80. The van der Waals surface area contributed by atoms with Crippen LogP contribution in [0.15, 0.2) is 0 Å². The van der Waals surface area contributed by atoms with Gasteiger partial charge in [0.2, 0.25) is 0 Å². The van der Waals surface area contributed by atoms with Crippen LogP contribution in [0.25, 0.3) is 0 Å². The molecular formula is C17H36O2Si2. The summed E-state index contributed by atoms with van der Waals surface area (Å²) >= 11 is 0. The summed E-state index contributed by atoms with van der Waals surface area (Å²) in [5, 5.41) is 1.01. The first kappa shape index (κ1) is 20.8. The molecule has 124 valence electrons. The summed E-state index contributed by atoms with van der Waals surface area (Å²) in [6.07, 6.45) is 1.89. The van der Waals surface area contributed by atoms with Crippen molar-refractivity contribution in [2.75, 3.05) is 0 Å². The van der Waals surface area contributed by atoms with Crippen LogP contribution >= 0.6 is 0 Å². The van der Waals surface area contributed by atoms with Gasteiger partial charge in [0.05, 0.1) is 0 Å². The molecule has 0 aromatic heterocycles. The molecule has 21 heavy (non-hydrogen) atoms. The Balaban J connectivity index is 4.60. The fraction of sp³-hybridized carbons (Fsp3) is 0.882. The van der Waals surface area contributed by atoms with Gasteiger partial charge in [-0.05, 0) is 16.5 Å². The standard InChI is InChI=1S/C17H36O2Si2/c1-16(2,3)20(7,8)14(18)12-11-13-15(19)21(9,10)17(4,5)6/h11-13H2,1-10H3. The summed E-state index contributed by atoms with van der Waals surface area (Å²) < 4.78 is 0. The number of carbonyl (C=O) groups is 2. The predicted octanol–water partition coefficient (Wildman–Crippen LogP) is 5.39. The van der Waals surface area contributed by atoms with E-state index >= 15 is 0 Å². The van der Waals surface area contributed by atoms with Crippen LogP contribution in [0.3, 0.4) is 0 Å². The molecule has 0 aromatic rings. The molecule has 0 radical (unpaired) electrons. The molecule has 2 nitrogen and oxygen atoms in total. The van der Waals surface area contributed by atoms with E-state index in [2.05, 4.69) is 67.7 Å². The van der Waals surface area contributed by atoms with Crippen LogP contribution in [0.1, 0.15) is 60.8 Å². The molecule has 0 amide bonds. The lowest BCUT2D eigenvalue weighted by atomic mass is 10.2. The van der Waals surface area contributed by atoms with Gasteiger partial charge in [-0.25, -0.2) is 0 Å². The average Bonchev–Trinajstić information content (AvgIpc) is 2.25. The van der Waals surface area contributed by atoms with Crippen LogP contribution < -0.4 is 0 Å². The molecule has 0 spiro atoms. The summed E-state index contributed by atoms with van der Waals surface area (Å²) in [6, 6.07) is 0. The molecule has 0 aliphatic rings. The van der Waals surface area contributed by atoms with Gasteiger partial charge in [-0.1, -0.05) is 67.7 Å². The van der Waals surface area contributed by atoms with Crippen molar-refractivity contribution in [2.45, 2.75) is 97.1 Å². The number of hydrogen-bond acceptors (Lipinski definition) is 2. The number of hydrogen-bond donors (Lipinski definition) is 0. The lowest BCUT2D eigenvalue weighted by Gasteiger charge is -2.36. The molecule has 0 fully saturated rings. The Morgan fingerprint density at radius 3 is 1.10 bits per heavy atom. The molecule has 0 bridgehead atoms. The highest BCUT2D eigenvalue weighted by Crippen LogP contribution is 2.38. The molecule has 0 atom stereocenters. The van der Waals surface area contributed by atoms with Gasteiger partial charge in [0, 0.05) is 12.8 Å². The molecule has 0 aliphatic heterocycles.